The van der Waals surface area contributed by atoms with E-state index in [4.69, 9.17) is 39.1 Å². The van der Waals surface area contributed by atoms with Gasteiger partial charge in [-0.25, -0.2) is 0 Å². The van der Waals surface area contributed by atoms with Crippen molar-refractivity contribution < 1.29 is 14.2 Å². The molecule has 0 spiro atoms. The number of likely N-dealkylation sites (tertiary alicyclic amines) is 1. The van der Waals surface area contributed by atoms with E-state index in [2.05, 4.69) is 139 Å². The molecule has 74 heavy (non-hydrogen) atoms. The average molecular weight is 987 g/mol. The predicted molar refractivity (Wildman–Crippen MR) is 294 cm³/mol. The molecule has 11 heterocycles. The van der Waals surface area contributed by atoms with Crippen molar-refractivity contribution in [3.63, 3.8) is 0 Å². The van der Waals surface area contributed by atoms with Crippen LogP contribution in [0.25, 0.3) is 32.7 Å². The van der Waals surface area contributed by atoms with Crippen LogP contribution in [0.2, 0.25) is 0 Å². The first-order valence-corrected chi connectivity index (χ1v) is 27.4. The van der Waals surface area contributed by atoms with Crippen LogP contribution in [0.1, 0.15) is 86.4 Å². The van der Waals surface area contributed by atoms with Crippen LogP contribution in [0.3, 0.4) is 0 Å². The number of fused-ring (bicyclic) bond motifs is 9. The maximum absolute atomic E-state index is 7.53. The van der Waals surface area contributed by atoms with Gasteiger partial charge in [0.15, 0.2) is 0 Å². The molecule has 11 nitrogen and oxygen atoms in total. The second-order valence-corrected chi connectivity index (χ2v) is 21.9. The first-order valence-electron chi connectivity index (χ1n) is 27.4. The molecule has 3 aromatic carbocycles. The smallest absolute Gasteiger partial charge is 0.323 e. The van der Waals surface area contributed by atoms with Crippen LogP contribution in [-0.4, -0.2) is 98.0 Å². The topological polar surface area (TPSA) is 102 Å². The molecule has 0 aliphatic carbocycles. The van der Waals surface area contributed by atoms with E-state index in [0.29, 0.717) is 47.3 Å². The number of benzene rings is 3. The molecular weight excluding hydrogens is 917 g/mol. The van der Waals surface area contributed by atoms with Crippen LogP contribution in [0.4, 0.5) is 0 Å². The Balaban J connectivity index is 0.986. The molecule has 13 atom stereocenters. The van der Waals surface area contributed by atoms with E-state index < -0.39 is 6.10 Å². The Labute approximate surface area is 436 Å². The fourth-order valence-corrected chi connectivity index (χ4v) is 13.8. The van der Waals surface area contributed by atoms with Gasteiger partial charge in [0, 0.05) is 64.5 Å². The minimum absolute atomic E-state index is 0.0694. The van der Waals surface area contributed by atoms with E-state index in [-0.39, 0.29) is 30.3 Å². The largest absolute Gasteiger partial charge is 0.469 e. The lowest BCUT2D eigenvalue weighted by atomic mass is 9.73. The minimum atomic E-state index is -0.417. The van der Waals surface area contributed by atoms with E-state index in [0.717, 1.165) is 140 Å². The highest BCUT2D eigenvalue weighted by Gasteiger charge is 2.46. The number of pyridine rings is 3. The average Bonchev–Trinajstić information content (AvgIpc) is 3.64. The molecule has 0 amide bonds. The van der Waals surface area contributed by atoms with Gasteiger partial charge in [0.05, 0.1) is 34.7 Å². The van der Waals surface area contributed by atoms with Crippen LogP contribution < -0.4 is 14.2 Å². The van der Waals surface area contributed by atoms with Gasteiger partial charge in [-0.3, -0.25) is 24.8 Å². The molecule has 8 unspecified atom stereocenters. The van der Waals surface area contributed by atoms with Crippen LogP contribution >= 0.6 is 0 Å². The molecule has 0 radical (unpaired) electrons. The van der Waals surface area contributed by atoms with Gasteiger partial charge in [0.2, 0.25) is 11.8 Å². The zero-order valence-electron chi connectivity index (χ0n) is 42.9. The highest BCUT2D eigenvalue weighted by Crippen LogP contribution is 2.47. The van der Waals surface area contributed by atoms with E-state index >= 15 is 0 Å². The monoisotopic (exact) mass is 987 g/mol. The van der Waals surface area contributed by atoms with Crippen molar-refractivity contribution in [1.82, 2.24) is 39.6 Å². The molecule has 0 saturated carbocycles. The normalized spacial score (nSPS) is 28.0. The Morgan fingerprint density at radius 2 is 1.04 bits per heavy atom. The molecule has 7 aliphatic rings. The number of allylic oxidation sites excluding steroid dienone is 1. The number of nitrogens with zero attached hydrogens (tertiary/aromatic N) is 8. The van der Waals surface area contributed by atoms with Gasteiger partial charge in [-0.05, 0) is 156 Å². The van der Waals surface area contributed by atoms with Gasteiger partial charge in [-0.1, -0.05) is 72.8 Å². The summed E-state index contributed by atoms with van der Waals surface area (Å²) in [6.07, 6.45) is 19.3. The highest BCUT2D eigenvalue weighted by molar-refractivity contribution is 5.84. The molecule has 4 aromatic heterocycles. The highest BCUT2D eigenvalue weighted by atomic mass is 16.5. The molecule has 7 aromatic rings. The SMILES string of the molecule is C=CC1CCN(C)CCC1CC[C@H](Oc1cc(O[C@H](c2ccnc3ccccc23)[C@@H]2CC3CCN2C[C@@H]3C=C)nc(O[C@H](c2ccnc3ccccc23)C2CC3CCN2CC3C=C)n1)c1ccnc2ccccc12. The first kappa shape index (κ1) is 48.4. The Morgan fingerprint density at radius 1 is 0.554 bits per heavy atom. The Hall–Kier alpha value is -6.53. The molecule has 0 N–H and O–H groups in total. The number of hydrogen-bond donors (Lipinski definition) is 0. The number of piperidine rings is 6. The van der Waals surface area contributed by atoms with E-state index in [1.807, 2.05) is 36.8 Å². The maximum Gasteiger partial charge on any atom is 0.323 e. The summed E-state index contributed by atoms with van der Waals surface area (Å²) in [5, 5.41) is 3.19. The van der Waals surface area contributed by atoms with Crippen molar-refractivity contribution in [3.8, 4) is 17.8 Å². The molecule has 7 aliphatic heterocycles. The van der Waals surface area contributed by atoms with E-state index in [1.54, 1.807) is 0 Å². The van der Waals surface area contributed by atoms with Crippen molar-refractivity contribution in [2.24, 2.45) is 35.5 Å². The third-order valence-electron chi connectivity index (χ3n) is 17.9. The summed E-state index contributed by atoms with van der Waals surface area (Å²) in [4.78, 5) is 32.7. The van der Waals surface area contributed by atoms with Crippen molar-refractivity contribution in [2.45, 2.75) is 81.8 Å². The van der Waals surface area contributed by atoms with Gasteiger partial charge in [-0.2, -0.15) is 9.97 Å². The maximum atomic E-state index is 7.53. The molecule has 14 rings (SSSR count). The van der Waals surface area contributed by atoms with Crippen LogP contribution in [0.15, 0.2) is 154 Å². The van der Waals surface area contributed by atoms with Gasteiger partial charge < -0.3 is 19.1 Å². The van der Waals surface area contributed by atoms with Crippen molar-refractivity contribution >= 4 is 32.7 Å². The Kier molecular flexibility index (Phi) is 14.0. The van der Waals surface area contributed by atoms with E-state index in [1.165, 1.54) is 0 Å². The van der Waals surface area contributed by atoms with Crippen LogP contribution in [0.5, 0.6) is 17.8 Å². The molecule has 7 saturated heterocycles. The minimum Gasteiger partial charge on any atom is -0.469 e. The van der Waals surface area contributed by atoms with Gasteiger partial charge in [0.1, 0.15) is 18.3 Å². The van der Waals surface area contributed by atoms with Gasteiger partial charge >= 0.3 is 6.01 Å². The van der Waals surface area contributed by atoms with Crippen molar-refractivity contribution in [1.29, 1.82) is 0 Å². The summed E-state index contributed by atoms with van der Waals surface area (Å²) in [7, 11) is 2.23. The quantitative estimate of drug-likeness (QED) is 0.0815. The zero-order valence-corrected chi connectivity index (χ0v) is 42.9. The number of ether oxygens (including phenoxy) is 3. The standard InChI is InChI=1S/C63H70N8O3/c1-5-41-25-32-69(4)33-26-44(41)20-21-58(50-22-29-64-53-17-11-8-14-47(50)53)72-59-38-60(73-61(51-23-30-65-54-18-12-9-15-48(51)54)56-36-45-27-34-70(56)39-42(45)6-2)68-63(67-59)74-62(52-24-31-66-55-19-13-10-16-49(52)55)57-37-46-28-35-71(57)40-43(46)7-3/h5-19,22-24,29-31,38,41-46,56-58,61-62H,1-3,20-21,25-28,32-37,39-40H2,4H3/t41?,42-,43?,44?,45?,46?,56-,57?,58-,61+,62+/m0/s1. The summed E-state index contributed by atoms with van der Waals surface area (Å²) in [5.74, 6) is 3.63. The summed E-state index contributed by atoms with van der Waals surface area (Å²) < 4.78 is 22.4. The zero-order chi connectivity index (χ0) is 50.1. The number of para-hydroxylation sites is 3. The van der Waals surface area contributed by atoms with Crippen molar-refractivity contribution in [2.75, 3.05) is 46.3 Å². The third-order valence-corrected chi connectivity index (χ3v) is 17.9. The third kappa shape index (κ3) is 9.70. The van der Waals surface area contributed by atoms with Crippen LogP contribution in [0, 0.1) is 35.5 Å². The Bertz CT molecular complexity index is 2990. The summed E-state index contributed by atoms with van der Waals surface area (Å²) in [5.41, 5.74) is 6.02. The number of aromatic nitrogens is 5. The predicted octanol–water partition coefficient (Wildman–Crippen LogP) is 12.2. The first-order chi connectivity index (χ1) is 36.4. The lowest BCUT2D eigenvalue weighted by molar-refractivity contribution is -0.0412. The van der Waals surface area contributed by atoms with Gasteiger partial charge in [0.25, 0.3) is 0 Å². The summed E-state index contributed by atoms with van der Waals surface area (Å²) in [6.45, 7) is 18.9. The Morgan fingerprint density at radius 3 is 1.57 bits per heavy atom. The van der Waals surface area contributed by atoms with Gasteiger partial charge in [-0.15, -0.1) is 19.7 Å². The lowest BCUT2D eigenvalue weighted by Gasteiger charge is -2.51. The number of rotatable bonds is 17. The van der Waals surface area contributed by atoms with E-state index in [9.17, 15) is 0 Å². The summed E-state index contributed by atoms with van der Waals surface area (Å²) in [6, 6.07) is 33.8. The molecule has 7 fully saturated rings. The lowest BCUT2D eigenvalue weighted by Crippen LogP contribution is -2.55. The number of hydrogen-bond acceptors (Lipinski definition) is 11. The van der Waals surface area contributed by atoms with Crippen LogP contribution in [-0.2, 0) is 0 Å². The molecule has 380 valence electrons. The molecule has 11 heteroatoms. The molecule has 4 bridgehead atoms. The van der Waals surface area contributed by atoms with Crippen molar-refractivity contribution in [3.05, 3.63) is 170 Å². The second kappa shape index (κ2) is 21.4. The second-order valence-electron chi connectivity index (χ2n) is 21.9. The summed E-state index contributed by atoms with van der Waals surface area (Å²) >= 11 is 0. The molecular formula is C63H70N8O3. The fraction of sp³-hybridized carbons (Fsp3) is 0.413. The fourth-order valence-electron chi connectivity index (χ4n) is 13.8.